The Morgan fingerprint density at radius 3 is 2.40 bits per heavy atom. The molecule has 2 nitrogen and oxygen atoms in total. The third-order valence-electron chi connectivity index (χ3n) is 3.88. The topological polar surface area (TPSA) is 32.3 Å². The fraction of sp³-hybridized carbons (Fsp3) is 1.00. The van der Waals surface area contributed by atoms with Crippen LogP contribution in [-0.4, -0.2) is 23.8 Å². The molecule has 2 N–H and O–H groups in total. The number of rotatable bonds is 5. The molecular formula is C13H27NO. The zero-order valence-electron chi connectivity index (χ0n) is 10.6. The molecule has 0 heterocycles. The van der Waals surface area contributed by atoms with Crippen LogP contribution in [0.5, 0.6) is 0 Å². The van der Waals surface area contributed by atoms with Gasteiger partial charge < -0.3 is 10.4 Å². The molecule has 90 valence electrons. The average Bonchev–Trinajstić information content (AvgIpc) is 2.19. The Hall–Kier alpha value is -0.0800. The van der Waals surface area contributed by atoms with Gasteiger partial charge in [0.05, 0.1) is 5.60 Å². The molecule has 1 unspecified atom stereocenters. The first-order chi connectivity index (χ1) is 7.02. The minimum Gasteiger partial charge on any atom is -0.389 e. The summed E-state index contributed by atoms with van der Waals surface area (Å²) in [5.74, 6) is 1.16. The largest absolute Gasteiger partial charge is 0.389 e. The molecule has 0 spiro atoms. The SMILES string of the molecule is CC(C)C(C)(O)CNCC1CCCCC1. The second-order valence-corrected chi connectivity index (χ2v) is 5.65. The molecule has 0 saturated heterocycles. The first kappa shape index (κ1) is 13.0. The van der Waals surface area contributed by atoms with E-state index in [1.165, 1.54) is 32.1 Å². The third-order valence-corrected chi connectivity index (χ3v) is 3.88. The Morgan fingerprint density at radius 1 is 1.27 bits per heavy atom. The van der Waals surface area contributed by atoms with Crippen molar-refractivity contribution in [2.75, 3.05) is 13.1 Å². The zero-order chi connectivity index (χ0) is 11.3. The molecule has 0 radical (unpaired) electrons. The van der Waals surface area contributed by atoms with Crippen LogP contribution in [0.15, 0.2) is 0 Å². The van der Waals surface area contributed by atoms with Crippen molar-refractivity contribution >= 4 is 0 Å². The molecule has 1 saturated carbocycles. The van der Waals surface area contributed by atoms with Crippen LogP contribution >= 0.6 is 0 Å². The first-order valence-electron chi connectivity index (χ1n) is 6.45. The Morgan fingerprint density at radius 2 is 1.87 bits per heavy atom. The van der Waals surface area contributed by atoms with Crippen LogP contribution in [0.25, 0.3) is 0 Å². The highest BCUT2D eigenvalue weighted by molar-refractivity contribution is 4.79. The number of hydrogen-bond acceptors (Lipinski definition) is 2. The summed E-state index contributed by atoms with van der Waals surface area (Å²) < 4.78 is 0. The summed E-state index contributed by atoms with van der Waals surface area (Å²) in [6.45, 7) is 7.88. The molecule has 15 heavy (non-hydrogen) atoms. The van der Waals surface area contributed by atoms with E-state index < -0.39 is 5.60 Å². The Labute approximate surface area is 94.5 Å². The second kappa shape index (κ2) is 5.86. The van der Waals surface area contributed by atoms with E-state index in [0.29, 0.717) is 5.92 Å². The normalized spacial score (nSPS) is 23.0. The molecule has 0 aromatic carbocycles. The van der Waals surface area contributed by atoms with Crippen LogP contribution < -0.4 is 5.32 Å². The lowest BCUT2D eigenvalue weighted by atomic mass is 9.88. The van der Waals surface area contributed by atoms with Gasteiger partial charge in [-0.05, 0) is 38.1 Å². The second-order valence-electron chi connectivity index (χ2n) is 5.65. The zero-order valence-corrected chi connectivity index (χ0v) is 10.6. The Bertz CT molecular complexity index is 171. The lowest BCUT2D eigenvalue weighted by Gasteiger charge is -2.29. The van der Waals surface area contributed by atoms with Gasteiger partial charge in [-0.15, -0.1) is 0 Å². The smallest absolute Gasteiger partial charge is 0.0766 e. The fourth-order valence-electron chi connectivity index (χ4n) is 2.12. The summed E-state index contributed by atoms with van der Waals surface area (Å²) in [5.41, 5.74) is -0.561. The molecule has 2 heteroatoms. The monoisotopic (exact) mass is 213 g/mol. The van der Waals surface area contributed by atoms with Crippen molar-refractivity contribution in [2.24, 2.45) is 11.8 Å². The predicted molar refractivity (Wildman–Crippen MR) is 64.9 cm³/mol. The van der Waals surface area contributed by atoms with Crippen LogP contribution in [-0.2, 0) is 0 Å². The van der Waals surface area contributed by atoms with E-state index in [1.54, 1.807) is 0 Å². The average molecular weight is 213 g/mol. The standard InChI is InChI=1S/C13H27NO/c1-11(2)13(3,15)10-14-9-12-7-5-4-6-8-12/h11-12,14-15H,4-10H2,1-3H3. The molecule has 1 rings (SSSR count). The van der Waals surface area contributed by atoms with E-state index in [-0.39, 0.29) is 0 Å². The number of nitrogens with one attached hydrogen (secondary N) is 1. The van der Waals surface area contributed by atoms with Crippen molar-refractivity contribution in [1.82, 2.24) is 5.32 Å². The summed E-state index contributed by atoms with van der Waals surface area (Å²) in [5, 5.41) is 13.5. The lowest BCUT2D eigenvalue weighted by Crippen LogP contribution is -2.43. The van der Waals surface area contributed by atoms with Crippen LogP contribution in [0.4, 0.5) is 0 Å². The van der Waals surface area contributed by atoms with Gasteiger partial charge in [-0.2, -0.15) is 0 Å². The minimum absolute atomic E-state index is 0.316. The summed E-state index contributed by atoms with van der Waals surface area (Å²) in [4.78, 5) is 0. The summed E-state index contributed by atoms with van der Waals surface area (Å²) >= 11 is 0. The van der Waals surface area contributed by atoms with E-state index in [9.17, 15) is 5.11 Å². The van der Waals surface area contributed by atoms with Crippen LogP contribution in [0, 0.1) is 11.8 Å². The van der Waals surface area contributed by atoms with Gasteiger partial charge in [0.15, 0.2) is 0 Å². The van der Waals surface area contributed by atoms with Gasteiger partial charge in [0.2, 0.25) is 0 Å². The van der Waals surface area contributed by atoms with Crippen LogP contribution in [0.3, 0.4) is 0 Å². The van der Waals surface area contributed by atoms with Gasteiger partial charge in [-0.1, -0.05) is 33.1 Å². The van der Waals surface area contributed by atoms with E-state index in [1.807, 2.05) is 6.92 Å². The van der Waals surface area contributed by atoms with Crippen molar-refractivity contribution in [3.63, 3.8) is 0 Å². The van der Waals surface area contributed by atoms with Crippen LogP contribution in [0.2, 0.25) is 0 Å². The van der Waals surface area contributed by atoms with E-state index >= 15 is 0 Å². The predicted octanol–water partition coefficient (Wildman–Crippen LogP) is 2.56. The molecular weight excluding hydrogens is 186 g/mol. The molecule has 1 aliphatic carbocycles. The van der Waals surface area contributed by atoms with Crippen molar-refractivity contribution in [3.05, 3.63) is 0 Å². The fourth-order valence-corrected chi connectivity index (χ4v) is 2.12. The third kappa shape index (κ3) is 4.52. The Kier molecular flexibility index (Phi) is 5.07. The van der Waals surface area contributed by atoms with Gasteiger partial charge in [0.25, 0.3) is 0 Å². The maximum atomic E-state index is 10.1. The molecule has 0 aliphatic heterocycles. The molecule has 1 atom stereocenters. The van der Waals surface area contributed by atoms with Crippen molar-refractivity contribution in [1.29, 1.82) is 0 Å². The molecule has 0 aromatic rings. The molecule has 0 aromatic heterocycles. The van der Waals surface area contributed by atoms with Crippen molar-refractivity contribution in [3.8, 4) is 0 Å². The van der Waals surface area contributed by atoms with Gasteiger partial charge in [-0.25, -0.2) is 0 Å². The molecule has 1 fully saturated rings. The minimum atomic E-state index is -0.561. The number of hydrogen-bond donors (Lipinski definition) is 2. The van der Waals surface area contributed by atoms with E-state index in [2.05, 4.69) is 19.2 Å². The highest BCUT2D eigenvalue weighted by Gasteiger charge is 2.24. The van der Waals surface area contributed by atoms with Gasteiger partial charge in [0.1, 0.15) is 0 Å². The van der Waals surface area contributed by atoms with Crippen LogP contribution in [0.1, 0.15) is 52.9 Å². The van der Waals surface area contributed by atoms with Crippen molar-refractivity contribution < 1.29 is 5.11 Å². The van der Waals surface area contributed by atoms with Crippen molar-refractivity contribution in [2.45, 2.75) is 58.5 Å². The molecule has 0 bridgehead atoms. The lowest BCUT2D eigenvalue weighted by molar-refractivity contribution is 0.0133. The Balaban J connectivity index is 2.14. The molecule has 0 amide bonds. The summed E-state index contributed by atoms with van der Waals surface area (Å²) in [7, 11) is 0. The van der Waals surface area contributed by atoms with Gasteiger partial charge in [0, 0.05) is 6.54 Å². The quantitative estimate of drug-likeness (QED) is 0.735. The first-order valence-corrected chi connectivity index (χ1v) is 6.45. The maximum absolute atomic E-state index is 10.1. The number of aliphatic hydroxyl groups is 1. The summed E-state index contributed by atoms with van der Waals surface area (Å²) in [6.07, 6.45) is 6.95. The van der Waals surface area contributed by atoms with Gasteiger partial charge in [-0.3, -0.25) is 0 Å². The highest BCUT2D eigenvalue weighted by atomic mass is 16.3. The summed E-state index contributed by atoms with van der Waals surface area (Å²) in [6, 6.07) is 0. The maximum Gasteiger partial charge on any atom is 0.0766 e. The van der Waals surface area contributed by atoms with Gasteiger partial charge >= 0.3 is 0 Å². The molecule has 1 aliphatic rings. The van der Waals surface area contributed by atoms with E-state index in [0.717, 1.165) is 19.0 Å². The van der Waals surface area contributed by atoms with E-state index in [4.69, 9.17) is 0 Å². The highest BCUT2D eigenvalue weighted by Crippen LogP contribution is 2.23.